The number of benzene rings is 3. The van der Waals surface area contributed by atoms with Gasteiger partial charge in [0.1, 0.15) is 0 Å². The lowest BCUT2D eigenvalue weighted by atomic mass is 10.1. The lowest BCUT2D eigenvalue weighted by Gasteiger charge is -2.23. The van der Waals surface area contributed by atoms with Crippen molar-refractivity contribution in [2.45, 2.75) is 25.8 Å². The second kappa shape index (κ2) is 8.31. The molecule has 146 valence electrons. The Hall–Kier alpha value is -3.40. The predicted octanol–water partition coefficient (Wildman–Crippen LogP) is 4.25. The molecule has 1 atom stereocenters. The smallest absolute Gasteiger partial charge is 0.258 e. The van der Waals surface area contributed by atoms with Crippen LogP contribution in [0.25, 0.3) is 0 Å². The van der Waals surface area contributed by atoms with E-state index >= 15 is 0 Å². The summed E-state index contributed by atoms with van der Waals surface area (Å²) in [5, 5.41) is 2.94. The first kappa shape index (κ1) is 18.9. The fourth-order valence-electron chi connectivity index (χ4n) is 3.85. The molecule has 4 heteroatoms. The van der Waals surface area contributed by atoms with E-state index in [1.54, 1.807) is 24.3 Å². The van der Waals surface area contributed by atoms with Gasteiger partial charge < -0.3 is 10.2 Å². The minimum atomic E-state index is -0.125. The summed E-state index contributed by atoms with van der Waals surface area (Å²) >= 11 is 0. The van der Waals surface area contributed by atoms with E-state index in [0.29, 0.717) is 17.7 Å². The van der Waals surface area contributed by atoms with Gasteiger partial charge in [-0.25, -0.2) is 0 Å². The second-order valence-corrected chi connectivity index (χ2v) is 7.43. The Labute approximate surface area is 171 Å². The number of fused-ring (bicyclic) bond motifs is 1. The predicted molar refractivity (Wildman–Crippen MR) is 115 cm³/mol. The van der Waals surface area contributed by atoms with Crippen LogP contribution in [0.4, 0.5) is 5.69 Å². The molecule has 0 bridgehead atoms. The van der Waals surface area contributed by atoms with Crippen LogP contribution < -0.4 is 10.2 Å². The number of para-hydroxylation sites is 1. The first-order valence-corrected chi connectivity index (χ1v) is 9.97. The molecule has 1 aliphatic rings. The number of carbonyl (C=O) groups excluding carboxylic acids is 2. The number of hydrogen-bond donors (Lipinski definition) is 1. The zero-order valence-electron chi connectivity index (χ0n) is 16.5. The molecule has 0 saturated carbocycles. The van der Waals surface area contributed by atoms with Crippen LogP contribution in [0.3, 0.4) is 0 Å². The Kier molecular flexibility index (Phi) is 5.43. The zero-order chi connectivity index (χ0) is 20.2. The number of nitrogens with zero attached hydrogens (tertiary/aromatic N) is 1. The Balaban J connectivity index is 1.40. The van der Waals surface area contributed by atoms with Crippen molar-refractivity contribution in [2.24, 2.45) is 0 Å². The monoisotopic (exact) mass is 384 g/mol. The number of nitrogens with one attached hydrogen (secondary N) is 1. The van der Waals surface area contributed by atoms with Crippen molar-refractivity contribution in [1.82, 2.24) is 5.32 Å². The van der Waals surface area contributed by atoms with E-state index in [2.05, 4.69) is 18.3 Å². The highest BCUT2D eigenvalue weighted by atomic mass is 16.2. The minimum Gasteiger partial charge on any atom is -0.352 e. The Morgan fingerprint density at radius 3 is 2.31 bits per heavy atom. The number of anilines is 1. The van der Waals surface area contributed by atoms with Crippen LogP contribution in [-0.4, -0.2) is 24.4 Å². The average molecular weight is 384 g/mol. The highest BCUT2D eigenvalue weighted by Crippen LogP contribution is 2.33. The van der Waals surface area contributed by atoms with E-state index in [9.17, 15) is 9.59 Å². The maximum absolute atomic E-state index is 13.1. The second-order valence-electron chi connectivity index (χ2n) is 7.43. The van der Waals surface area contributed by atoms with Crippen LogP contribution in [0.5, 0.6) is 0 Å². The van der Waals surface area contributed by atoms with Crippen LogP contribution in [-0.2, 0) is 12.8 Å². The van der Waals surface area contributed by atoms with Crippen LogP contribution >= 0.6 is 0 Å². The van der Waals surface area contributed by atoms with Crippen molar-refractivity contribution < 1.29 is 9.59 Å². The fraction of sp³-hybridized carbons (Fsp3) is 0.200. The number of carbonyl (C=O) groups is 2. The normalized spacial score (nSPS) is 15.1. The summed E-state index contributed by atoms with van der Waals surface area (Å²) < 4.78 is 0. The molecule has 3 aromatic carbocycles. The standard InChI is InChI=1S/C25H24N2O2/c1-18-17-22-9-5-6-10-23(22)27(18)25(29)21-13-11-20(12-14-21)24(28)26-16-15-19-7-3-2-4-8-19/h2-14,18H,15-17H2,1H3,(H,26,28). The van der Waals surface area contributed by atoms with Crippen molar-refractivity contribution in [2.75, 3.05) is 11.4 Å². The largest absolute Gasteiger partial charge is 0.352 e. The summed E-state index contributed by atoms with van der Waals surface area (Å²) in [5.41, 5.74) is 4.52. The van der Waals surface area contributed by atoms with E-state index in [4.69, 9.17) is 0 Å². The molecule has 1 unspecified atom stereocenters. The van der Waals surface area contributed by atoms with Gasteiger partial charge in [0.05, 0.1) is 0 Å². The van der Waals surface area contributed by atoms with Crippen LogP contribution in [0.15, 0.2) is 78.9 Å². The summed E-state index contributed by atoms with van der Waals surface area (Å²) in [6.07, 6.45) is 1.65. The fourth-order valence-corrected chi connectivity index (χ4v) is 3.85. The topological polar surface area (TPSA) is 49.4 Å². The molecule has 4 rings (SSSR count). The summed E-state index contributed by atoms with van der Waals surface area (Å²) in [4.78, 5) is 27.3. The molecule has 1 N–H and O–H groups in total. The third-order valence-electron chi connectivity index (χ3n) is 5.36. The van der Waals surface area contributed by atoms with Gasteiger partial charge in [0.2, 0.25) is 0 Å². The molecule has 0 aliphatic carbocycles. The van der Waals surface area contributed by atoms with Crippen molar-refractivity contribution in [3.05, 3.63) is 101 Å². The molecule has 29 heavy (non-hydrogen) atoms. The molecule has 4 nitrogen and oxygen atoms in total. The summed E-state index contributed by atoms with van der Waals surface area (Å²) in [5.74, 6) is -0.154. The Morgan fingerprint density at radius 2 is 1.55 bits per heavy atom. The quantitative estimate of drug-likeness (QED) is 0.715. The van der Waals surface area contributed by atoms with Gasteiger partial charge in [0, 0.05) is 29.4 Å². The van der Waals surface area contributed by atoms with Crippen molar-refractivity contribution in [3.8, 4) is 0 Å². The van der Waals surface area contributed by atoms with E-state index in [0.717, 1.165) is 18.5 Å². The van der Waals surface area contributed by atoms with E-state index in [1.807, 2.05) is 53.4 Å². The molecule has 1 aliphatic heterocycles. The van der Waals surface area contributed by atoms with Crippen LogP contribution in [0.1, 0.15) is 38.8 Å². The number of rotatable bonds is 5. The summed E-state index contributed by atoms with van der Waals surface area (Å²) in [6.45, 7) is 2.64. The highest BCUT2D eigenvalue weighted by molar-refractivity contribution is 6.08. The zero-order valence-corrected chi connectivity index (χ0v) is 16.5. The van der Waals surface area contributed by atoms with Gasteiger partial charge >= 0.3 is 0 Å². The van der Waals surface area contributed by atoms with E-state index in [1.165, 1.54) is 11.1 Å². The highest BCUT2D eigenvalue weighted by Gasteiger charge is 2.31. The Bertz CT molecular complexity index is 1010. The summed E-state index contributed by atoms with van der Waals surface area (Å²) in [7, 11) is 0. The van der Waals surface area contributed by atoms with E-state index < -0.39 is 0 Å². The van der Waals surface area contributed by atoms with Gasteiger partial charge in [0.15, 0.2) is 0 Å². The van der Waals surface area contributed by atoms with Gasteiger partial charge in [-0.15, -0.1) is 0 Å². The lowest BCUT2D eigenvalue weighted by molar-refractivity contribution is 0.0949. The molecular weight excluding hydrogens is 360 g/mol. The lowest BCUT2D eigenvalue weighted by Crippen LogP contribution is -2.35. The van der Waals surface area contributed by atoms with Crippen LogP contribution in [0, 0.1) is 0 Å². The van der Waals surface area contributed by atoms with Gasteiger partial charge in [0.25, 0.3) is 11.8 Å². The molecule has 1 heterocycles. The third-order valence-corrected chi connectivity index (χ3v) is 5.36. The third kappa shape index (κ3) is 4.06. The average Bonchev–Trinajstić information content (AvgIpc) is 3.09. The van der Waals surface area contributed by atoms with Gasteiger partial charge in [-0.3, -0.25) is 9.59 Å². The molecule has 0 aromatic heterocycles. The van der Waals surface area contributed by atoms with Crippen molar-refractivity contribution in [1.29, 1.82) is 0 Å². The molecule has 0 fully saturated rings. The SMILES string of the molecule is CC1Cc2ccccc2N1C(=O)c1ccc(C(=O)NCCc2ccccc2)cc1. The number of hydrogen-bond acceptors (Lipinski definition) is 2. The Morgan fingerprint density at radius 1 is 0.897 bits per heavy atom. The summed E-state index contributed by atoms with van der Waals surface area (Å²) in [6, 6.07) is 25.1. The van der Waals surface area contributed by atoms with Crippen molar-refractivity contribution in [3.63, 3.8) is 0 Å². The maximum atomic E-state index is 13.1. The van der Waals surface area contributed by atoms with Crippen molar-refractivity contribution >= 4 is 17.5 Å². The molecule has 0 radical (unpaired) electrons. The first-order chi connectivity index (χ1) is 14.1. The maximum Gasteiger partial charge on any atom is 0.258 e. The van der Waals surface area contributed by atoms with Gasteiger partial charge in [-0.1, -0.05) is 48.5 Å². The van der Waals surface area contributed by atoms with Gasteiger partial charge in [-0.05, 0) is 61.2 Å². The molecule has 2 amide bonds. The molecule has 3 aromatic rings. The first-order valence-electron chi connectivity index (χ1n) is 9.97. The molecule has 0 saturated heterocycles. The molecule has 0 spiro atoms. The van der Waals surface area contributed by atoms with Gasteiger partial charge in [-0.2, -0.15) is 0 Å². The van der Waals surface area contributed by atoms with Crippen LogP contribution in [0.2, 0.25) is 0 Å². The number of amides is 2. The molecular formula is C25H24N2O2. The minimum absolute atomic E-state index is 0.0292. The van der Waals surface area contributed by atoms with E-state index in [-0.39, 0.29) is 17.9 Å².